The summed E-state index contributed by atoms with van der Waals surface area (Å²) in [5, 5.41) is 0.918. The third-order valence-corrected chi connectivity index (χ3v) is 4.41. The summed E-state index contributed by atoms with van der Waals surface area (Å²) < 4.78 is 13.3. The second kappa shape index (κ2) is 6.46. The van der Waals surface area contributed by atoms with Crippen LogP contribution in [0.3, 0.4) is 0 Å². The number of nitrogens with zero attached hydrogens (tertiary/aromatic N) is 4. The molecule has 0 fully saturated rings. The molecule has 27 heavy (non-hydrogen) atoms. The number of aryl methyl sites for hydroxylation is 1. The van der Waals surface area contributed by atoms with Gasteiger partial charge < -0.3 is 5.73 Å². The Labute approximate surface area is 155 Å². The number of aromatic nitrogens is 3. The van der Waals surface area contributed by atoms with Crippen molar-refractivity contribution in [2.45, 2.75) is 6.92 Å². The van der Waals surface area contributed by atoms with Crippen LogP contribution in [0, 0.1) is 19.3 Å². The molecule has 2 N–H and O–H groups in total. The third-order valence-electron chi connectivity index (χ3n) is 4.41. The fraction of sp³-hybridized carbons (Fsp3) is 0.0476. The smallest absolute Gasteiger partial charge is 0.228 e. The molecule has 0 spiro atoms. The van der Waals surface area contributed by atoms with Crippen LogP contribution < -0.4 is 5.73 Å². The molecule has 0 amide bonds. The lowest BCUT2D eigenvalue weighted by Gasteiger charge is -2.13. The highest BCUT2D eigenvalue weighted by molar-refractivity contribution is 5.91. The lowest BCUT2D eigenvalue weighted by Crippen LogP contribution is -1.97. The minimum Gasteiger partial charge on any atom is -0.392 e. The van der Waals surface area contributed by atoms with Gasteiger partial charge in [-0.3, -0.25) is 0 Å². The molecule has 0 unspecified atom stereocenters. The van der Waals surface area contributed by atoms with Crippen molar-refractivity contribution in [2.75, 3.05) is 5.73 Å². The zero-order valence-electron chi connectivity index (χ0n) is 14.4. The van der Waals surface area contributed by atoms with Crippen molar-refractivity contribution in [1.82, 2.24) is 15.0 Å². The summed E-state index contributed by atoms with van der Waals surface area (Å²) in [7, 11) is 0. The Morgan fingerprint density at radius 1 is 1.00 bits per heavy atom. The second-order valence-corrected chi connectivity index (χ2v) is 6.10. The predicted octanol–water partition coefficient (Wildman–Crippen LogP) is 4.94. The van der Waals surface area contributed by atoms with Crippen LogP contribution in [0.4, 0.5) is 15.9 Å². The number of fused-ring (bicyclic) bond motifs is 1. The summed E-state index contributed by atoms with van der Waals surface area (Å²) in [5.41, 5.74) is 10.8. The number of anilines is 1. The van der Waals surface area contributed by atoms with Crippen molar-refractivity contribution in [3.05, 3.63) is 77.8 Å². The Morgan fingerprint density at radius 3 is 2.48 bits per heavy atom. The van der Waals surface area contributed by atoms with Crippen LogP contribution in [0.15, 0.2) is 54.9 Å². The van der Waals surface area contributed by atoms with Gasteiger partial charge in [-0.2, -0.15) is 0 Å². The molecule has 4 aromatic rings. The fourth-order valence-electron chi connectivity index (χ4n) is 3.01. The first kappa shape index (κ1) is 16.6. The standard InChI is InChI=1S/C21H14FN5/c1-12-16-9-14(5-8-18(16)26-11-25-12)17-10-19(24-2)21(23)27-20(17)13-3-6-15(22)7-4-13/h3-11H,1H3,(H2,23,27). The van der Waals surface area contributed by atoms with Crippen LogP contribution >= 0.6 is 0 Å². The van der Waals surface area contributed by atoms with Gasteiger partial charge in [0.1, 0.15) is 18.0 Å². The van der Waals surface area contributed by atoms with Crippen molar-refractivity contribution in [2.24, 2.45) is 0 Å². The van der Waals surface area contributed by atoms with Crippen molar-refractivity contribution < 1.29 is 4.39 Å². The topological polar surface area (TPSA) is 69.0 Å². The fourth-order valence-corrected chi connectivity index (χ4v) is 3.01. The largest absolute Gasteiger partial charge is 0.392 e. The van der Waals surface area contributed by atoms with Gasteiger partial charge in [0.25, 0.3) is 0 Å². The number of benzene rings is 2. The Bertz CT molecular complexity index is 1210. The van der Waals surface area contributed by atoms with Gasteiger partial charge in [0, 0.05) is 16.6 Å². The SMILES string of the molecule is [C-]#[N+]c1cc(-c2ccc3ncnc(C)c3c2)c(-c2ccc(F)cc2)nc1N. The van der Waals surface area contributed by atoms with Crippen LogP contribution in [-0.2, 0) is 0 Å². The maximum Gasteiger partial charge on any atom is 0.228 e. The van der Waals surface area contributed by atoms with E-state index in [0.29, 0.717) is 5.69 Å². The van der Waals surface area contributed by atoms with Gasteiger partial charge in [-0.25, -0.2) is 24.2 Å². The molecule has 4 rings (SSSR count). The molecule has 2 aromatic carbocycles. The lowest BCUT2D eigenvalue weighted by atomic mass is 9.97. The Morgan fingerprint density at radius 2 is 1.74 bits per heavy atom. The first-order chi connectivity index (χ1) is 13.1. The minimum absolute atomic E-state index is 0.147. The molecule has 130 valence electrons. The van der Waals surface area contributed by atoms with E-state index in [1.165, 1.54) is 18.5 Å². The number of halogens is 1. The zero-order valence-corrected chi connectivity index (χ0v) is 14.4. The molecule has 2 heterocycles. The number of rotatable bonds is 2. The number of hydrogen-bond acceptors (Lipinski definition) is 4. The average Bonchev–Trinajstić information content (AvgIpc) is 2.68. The number of pyridine rings is 1. The molecular formula is C21H14FN5. The van der Waals surface area contributed by atoms with E-state index < -0.39 is 0 Å². The predicted molar refractivity (Wildman–Crippen MR) is 104 cm³/mol. The maximum absolute atomic E-state index is 13.3. The molecule has 6 heteroatoms. The summed E-state index contributed by atoms with van der Waals surface area (Å²) in [5.74, 6) is -0.182. The van der Waals surface area contributed by atoms with E-state index in [1.54, 1.807) is 18.2 Å². The van der Waals surface area contributed by atoms with Crippen LogP contribution in [-0.4, -0.2) is 15.0 Å². The molecule has 5 nitrogen and oxygen atoms in total. The third kappa shape index (κ3) is 2.96. The van der Waals surface area contributed by atoms with Gasteiger partial charge >= 0.3 is 0 Å². The summed E-state index contributed by atoms with van der Waals surface area (Å²) in [6, 6.07) is 13.6. The highest BCUT2D eigenvalue weighted by Crippen LogP contribution is 2.37. The molecule has 0 aliphatic heterocycles. The van der Waals surface area contributed by atoms with Gasteiger partial charge in [-0.15, -0.1) is 0 Å². The lowest BCUT2D eigenvalue weighted by molar-refractivity contribution is 0.628. The molecule has 0 radical (unpaired) electrons. The maximum atomic E-state index is 13.3. The summed E-state index contributed by atoms with van der Waals surface area (Å²) in [6.45, 7) is 9.26. The molecule has 0 aliphatic carbocycles. The van der Waals surface area contributed by atoms with Gasteiger partial charge in [0.05, 0.1) is 17.8 Å². The van der Waals surface area contributed by atoms with Crippen LogP contribution in [0.25, 0.3) is 38.1 Å². The van der Waals surface area contributed by atoms with Crippen molar-refractivity contribution in [3.63, 3.8) is 0 Å². The van der Waals surface area contributed by atoms with Crippen LogP contribution in [0.5, 0.6) is 0 Å². The van der Waals surface area contributed by atoms with Crippen molar-refractivity contribution >= 4 is 22.4 Å². The monoisotopic (exact) mass is 355 g/mol. The summed E-state index contributed by atoms with van der Waals surface area (Å²) in [6.07, 6.45) is 1.53. The highest BCUT2D eigenvalue weighted by atomic mass is 19.1. The van der Waals surface area contributed by atoms with Gasteiger partial charge in [0.2, 0.25) is 5.69 Å². The van der Waals surface area contributed by atoms with Gasteiger partial charge in [0.15, 0.2) is 0 Å². The van der Waals surface area contributed by atoms with E-state index in [1.807, 2.05) is 25.1 Å². The molecular weight excluding hydrogens is 341 g/mol. The first-order valence-corrected chi connectivity index (χ1v) is 8.22. The average molecular weight is 355 g/mol. The number of nitrogens with two attached hydrogens (primary N) is 1. The second-order valence-electron chi connectivity index (χ2n) is 6.10. The minimum atomic E-state index is -0.329. The number of hydrogen-bond donors (Lipinski definition) is 1. The van der Waals surface area contributed by atoms with Crippen LogP contribution in [0.1, 0.15) is 5.69 Å². The highest BCUT2D eigenvalue weighted by Gasteiger charge is 2.15. The summed E-state index contributed by atoms with van der Waals surface area (Å²) >= 11 is 0. The Hall–Kier alpha value is -3.85. The van der Waals surface area contributed by atoms with Gasteiger partial charge in [-0.05, 0) is 60.5 Å². The van der Waals surface area contributed by atoms with Gasteiger partial charge in [-0.1, -0.05) is 6.07 Å². The van der Waals surface area contributed by atoms with E-state index in [9.17, 15) is 4.39 Å². The quantitative estimate of drug-likeness (QED) is 0.517. The van der Waals surface area contributed by atoms with Crippen molar-refractivity contribution in [1.29, 1.82) is 0 Å². The first-order valence-electron chi connectivity index (χ1n) is 8.22. The van der Waals surface area contributed by atoms with E-state index in [4.69, 9.17) is 12.3 Å². The van der Waals surface area contributed by atoms with E-state index >= 15 is 0 Å². The molecule has 0 aliphatic rings. The van der Waals surface area contributed by atoms with E-state index in [0.717, 1.165) is 33.3 Å². The number of nitrogen functional groups attached to an aromatic ring is 1. The van der Waals surface area contributed by atoms with Crippen LogP contribution in [0.2, 0.25) is 0 Å². The molecule has 0 saturated heterocycles. The molecule has 0 saturated carbocycles. The molecule has 2 aromatic heterocycles. The molecule has 0 atom stereocenters. The van der Waals surface area contributed by atoms with Crippen molar-refractivity contribution in [3.8, 4) is 22.4 Å². The van der Waals surface area contributed by atoms with E-state index in [-0.39, 0.29) is 17.3 Å². The zero-order chi connectivity index (χ0) is 19.0. The van der Waals surface area contributed by atoms with E-state index in [2.05, 4.69) is 19.8 Å². The molecule has 0 bridgehead atoms. The summed E-state index contributed by atoms with van der Waals surface area (Å²) in [4.78, 5) is 16.4. The normalized spacial score (nSPS) is 10.7. The Balaban J connectivity index is 2.00. The Kier molecular flexibility index (Phi) is 3.98.